The van der Waals surface area contributed by atoms with Gasteiger partial charge in [0.15, 0.2) is 0 Å². The van der Waals surface area contributed by atoms with Crippen LogP contribution in [0, 0.1) is 13.8 Å². The van der Waals surface area contributed by atoms with Crippen molar-refractivity contribution in [3.63, 3.8) is 0 Å². The van der Waals surface area contributed by atoms with Crippen molar-refractivity contribution in [2.75, 3.05) is 4.72 Å². The molecule has 0 fully saturated rings. The van der Waals surface area contributed by atoms with E-state index in [1.54, 1.807) is 12.1 Å². The fourth-order valence-electron chi connectivity index (χ4n) is 1.78. The molecule has 21 heavy (non-hydrogen) atoms. The Labute approximate surface area is 134 Å². The Hall–Kier alpha value is -1.38. The van der Waals surface area contributed by atoms with Gasteiger partial charge in [0.2, 0.25) is 0 Å². The highest BCUT2D eigenvalue weighted by Crippen LogP contribution is 2.28. The first-order valence-corrected chi connectivity index (χ1v) is 8.97. The number of hydrogen-bond acceptors (Lipinski definition) is 4. The molecule has 0 saturated carbocycles. The summed E-state index contributed by atoms with van der Waals surface area (Å²) in [5.74, 6) is -1.15. The van der Waals surface area contributed by atoms with E-state index >= 15 is 0 Å². The minimum absolute atomic E-state index is 0.0295. The van der Waals surface area contributed by atoms with Crippen molar-refractivity contribution in [2.45, 2.75) is 18.1 Å². The molecular formula is C13H12BrNO4S2. The largest absolute Gasteiger partial charge is 0.478 e. The number of carboxylic acids is 1. The van der Waals surface area contributed by atoms with Gasteiger partial charge in [-0.2, -0.15) is 0 Å². The number of halogens is 1. The van der Waals surface area contributed by atoms with Gasteiger partial charge in [-0.15, -0.1) is 11.3 Å². The Bertz CT molecular complexity index is 788. The number of thiophene rings is 1. The van der Waals surface area contributed by atoms with Gasteiger partial charge in [-0.05, 0) is 43.2 Å². The quantitative estimate of drug-likeness (QED) is 0.835. The third-order valence-corrected chi connectivity index (χ3v) is 6.85. The van der Waals surface area contributed by atoms with E-state index in [0.717, 1.165) is 33.0 Å². The lowest BCUT2D eigenvalue weighted by atomic mass is 10.1. The van der Waals surface area contributed by atoms with Crippen molar-refractivity contribution in [2.24, 2.45) is 0 Å². The summed E-state index contributed by atoms with van der Waals surface area (Å²) in [4.78, 5) is 10.8. The first-order chi connectivity index (χ1) is 9.70. The van der Waals surface area contributed by atoms with Crippen molar-refractivity contribution < 1.29 is 18.3 Å². The Morgan fingerprint density at radius 3 is 2.29 bits per heavy atom. The number of carbonyl (C=O) groups is 1. The first-order valence-electron chi connectivity index (χ1n) is 5.82. The van der Waals surface area contributed by atoms with Crippen molar-refractivity contribution in [1.82, 2.24) is 0 Å². The second-order valence-electron chi connectivity index (χ2n) is 4.49. The van der Waals surface area contributed by atoms with Crippen LogP contribution in [0.3, 0.4) is 0 Å². The summed E-state index contributed by atoms with van der Waals surface area (Å²) in [6.45, 7) is 3.73. The van der Waals surface area contributed by atoms with Crippen LogP contribution in [-0.2, 0) is 10.0 Å². The van der Waals surface area contributed by atoms with E-state index in [1.807, 2.05) is 13.8 Å². The maximum absolute atomic E-state index is 12.2. The standard InChI is InChI=1S/C13H12BrNO4S2/c1-7-3-10(4-8(2)12(7)14)15-21(18,19)11-5-9(6-20-11)13(16)17/h3-6,15H,1-2H3,(H,16,17). The fourth-order valence-corrected chi connectivity index (χ4v) is 4.20. The number of hydrogen-bond donors (Lipinski definition) is 2. The predicted molar refractivity (Wildman–Crippen MR) is 85.7 cm³/mol. The number of rotatable bonds is 4. The van der Waals surface area contributed by atoms with Crippen molar-refractivity contribution in [3.05, 3.63) is 44.7 Å². The molecule has 0 amide bonds. The van der Waals surface area contributed by atoms with E-state index in [4.69, 9.17) is 5.11 Å². The number of sulfonamides is 1. The van der Waals surface area contributed by atoms with Crippen LogP contribution in [0.15, 0.2) is 32.3 Å². The monoisotopic (exact) mass is 389 g/mol. The van der Waals surface area contributed by atoms with Gasteiger partial charge in [-0.3, -0.25) is 4.72 Å². The van der Waals surface area contributed by atoms with Crippen LogP contribution in [0.25, 0.3) is 0 Å². The van der Waals surface area contributed by atoms with Gasteiger partial charge in [-0.1, -0.05) is 15.9 Å². The van der Waals surface area contributed by atoms with Crippen LogP contribution in [0.1, 0.15) is 21.5 Å². The molecule has 0 spiro atoms. The van der Waals surface area contributed by atoms with E-state index in [2.05, 4.69) is 20.7 Å². The van der Waals surface area contributed by atoms with E-state index in [9.17, 15) is 13.2 Å². The molecule has 0 atom stereocenters. The molecule has 0 aliphatic rings. The summed E-state index contributed by atoms with van der Waals surface area (Å²) >= 11 is 4.29. The molecule has 0 aliphatic heterocycles. The molecule has 1 aromatic carbocycles. The second kappa shape index (κ2) is 5.78. The number of aromatic carboxylic acids is 1. The van der Waals surface area contributed by atoms with E-state index in [1.165, 1.54) is 5.38 Å². The average Bonchev–Trinajstić information content (AvgIpc) is 2.85. The molecule has 0 saturated heterocycles. The lowest BCUT2D eigenvalue weighted by Gasteiger charge is -2.10. The molecule has 2 aromatic rings. The molecule has 1 aromatic heterocycles. The zero-order chi connectivity index (χ0) is 15.8. The zero-order valence-corrected chi connectivity index (χ0v) is 14.4. The number of carboxylic acid groups (broad SMARTS) is 1. The SMILES string of the molecule is Cc1cc(NS(=O)(=O)c2cc(C(=O)O)cs2)cc(C)c1Br. The van der Waals surface area contributed by atoms with Gasteiger partial charge in [0, 0.05) is 15.5 Å². The van der Waals surface area contributed by atoms with Crippen LogP contribution >= 0.6 is 27.3 Å². The third-order valence-electron chi connectivity index (χ3n) is 2.78. The fraction of sp³-hybridized carbons (Fsp3) is 0.154. The summed E-state index contributed by atoms with van der Waals surface area (Å²) < 4.78 is 27.8. The summed E-state index contributed by atoms with van der Waals surface area (Å²) in [7, 11) is -3.78. The summed E-state index contributed by atoms with van der Waals surface area (Å²) in [6.07, 6.45) is 0. The van der Waals surface area contributed by atoms with Gasteiger partial charge in [0.05, 0.1) is 5.56 Å². The highest BCUT2D eigenvalue weighted by Gasteiger charge is 2.19. The molecule has 2 N–H and O–H groups in total. The number of nitrogens with one attached hydrogen (secondary N) is 1. The lowest BCUT2D eigenvalue weighted by Crippen LogP contribution is -2.12. The van der Waals surface area contributed by atoms with E-state index < -0.39 is 16.0 Å². The van der Waals surface area contributed by atoms with Gasteiger partial charge in [0.25, 0.3) is 10.0 Å². The van der Waals surface area contributed by atoms with E-state index in [0.29, 0.717) is 5.69 Å². The van der Waals surface area contributed by atoms with Crippen LogP contribution in [0.5, 0.6) is 0 Å². The molecule has 8 heteroatoms. The topological polar surface area (TPSA) is 83.5 Å². The van der Waals surface area contributed by atoms with Crippen LogP contribution in [0.4, 0.5) is 5.69 Å². The van der Waals surface area contributed by atoms with Gasteiger partial charge < -0.3 is 5.11 Å². The molecular weight excluding hydrogens is 378 g/mol. The zero-order valence-electron chi connectivity index (χ0n) is 11.2. The van der Waals surface area contributed by atoms with Crippen molar-refractivity contribution in [1.29, 1.82) is 0 Å². The Balaban J connectivity index is 2.35. The summed E-state index contributed by atoms with van der Waals surface area (Å²) in [6, 6.07) is 4.56. The predicted octanol–water partition coefficient (Wildman–Crippen LogP) is 3.63. The minimum Gasteiger partial charge on any atom is -0.478 e. The van der Waals surface area contributed by atoms with Gasteiger partial charge in [-0.25, -0.2) is 13.2 Å². The van der Waals surface area contributed by atoms with Crippen molar-refractivity contribution in [3.8, 4) is 0 Å². The van der Waals surface area contributed by atoms with E-state index in [-0.39, 0.29) is 9.77 Å². The smallest absolute Gasteiger partial charge is 0.336 e. The molecule has 0 unspecified atom stereocenters. The molecule has 0 radical (unpaired) electrons. The maximum Gasteiger partial charge on any atom is 0.336 e. The summed E-state index contributed by atoms with van der Waals surface area (Å²) in [5, 5.41) is 10.1. The Kier molecular flexibility index (Phi) is 4.40. The molecule has 5 nitrogen and oxygen atoms in total. The molecule has 0 aliphatic carbocycles. The Morgan fingerprint density at radius 2 is 1.81 bits per heavy atom. The number of aryl methyl sites for hydroxylation is 2. The number of benzene rings is 1. The van der Waals surface area contributed by atoms with Crippen LogP contribution in [-0.4, -0.2) is 19.5 Å². The average molecular weight is 390 g/mol. The number of anilines is 1. The first kappa shape index (κ1) is 16.0. The van der Waals surface area contributed by atoms with Crippen LogP contribution < -0.4 is 4.72 Å². The van der Waals surface area contributed by atoms with Crippen molar-refractivity contribution >= 4 is 48.9 Å². The van der Waals surface area contributed by atoms with Crippen LogP contribution in [0.2, 0.25) is 0 Å². The normalized spacial score (nSPS) is 11.4. The minimum atomic E-state index is -3.78. The molecule has 112 valence electrons. The van der Waals surface area contributed by atoms with Gasteiger partial charge in [0.1, 0.15) is 4.21 Å². The third kappa shape index (κ3) is 3.45. The highest BCUT2D eigenvalue weighted by atomic mass is 79.9. The van der Waals surface area contributed by atoms with Gasteiger partial charge >= 0.3 is 5.97 Å². The lowest BCUT2D eigenvalue weighted by molar-refractivity contribution is 0.0697. The Morgan fingerprint density at radius 1 is 1.24 bits per heavy atom. The molecule has 1 heterocycles. The molecule has 2 rings (SSSR count). The molecule has 0 bridgehead atoms. The summed E-state index contributed by atoms with van der Waals surface area (Å²) in [5.41, 5.74) is 2.22. The maximum atomic E-state index is 12.2. The second-order valence-corrected chi connectivity index (χ2v) is 8.10. The highest BCUT2D eigenvalue weighted by molar-refractivity contribution is 9.10.